The van der Waals surface area contributed by atoms with Gasteiger partial charge in [0.25, 0.3) is 0 Å². The van der Waals surface area contributed by atoms with Gasteiger partial charge in [0.15, 0.2) is 0 Å². The van der Waals surface area contributed by atoms with E-state index in [1.165, 1.54) is 25.0 Å². The van der Waals surface area contributed by atoms with Crippen LogP contribution in [0.4, 0.5) is 0 Å². The van der Waals surface area contributed by atoms with Crippen molar-refractivity contribution in [2.75, 3.05) is 5.75 Å². The maximum absolute atomic E-state index is 3.79. The molecule has 0 aromatic heterocycles. The third-order valence-electron chi connectivity index (χ3n) is 3.77. The molecule has 2 aliphatic rings. The molecule has 1 heterocycles. The van der Waals surface area contributed by atoms with Crippen molar-refractivity contribution in [1.82, 2.24) is 5.32 Å². The molecule has 1 aliphatic heterocycles. The SMILES string of the molecule is CC1CC(NC(C)C2(C)CC2)CS1. The normalized spacial score (nSPS) is 39.0. The van der Waals surface area contributed by atoms with Gasteiger partial charge in [0, 0.05) is 23.1 Å². The molecule has 13 heavy (non-hydrogen) atoms. The molecule has 3 unspecified atom stereocenters. The minimum Gasteiger partial charge on any atom is -0.310 e. The molecule has 1 N–H and O–H groups in total. The van der Waals surface area contributed by atoms with E-state index in [-0.39, 0.29) is 0 Å². The first kappa shape index (κ1) is 9.85. The Morgan fingerprint density at radius 3 is 2.62 bits per heavy atom. The largest absolute Gasteiger partial charge is 0.310 e. The predicted molar refractivity (Wildman–Crippen MR) is 60.3 cm³/mol. The van der Waals surface area contributed by atoms with Gasteiger partial charge in [-0.3, -0.25) is 0 Å². The Bertz CT molecular complexity index is 189. The molecule has 0 aromatic carbocycles. The lowest BCUT2D eigenvalue weighted by atomic mass is 9.99. The Labute approximate surface area is 86.0 Å². The van der Waals surface area contributed by atoms with Crippen molar-refractivity contribution in [3.05, 3.63) is 0 Å². The topological polar surface area (TPSA) is 12.0 Å². The molecular formula is C11H21NS. The van der Waals surface area contributed by atoms with E-state index in [0.717, 1.165) is 17.3 Å². The lowest BCUT2D eigenvalue weighted by molar-refractivity contribution is 0.346. The Hall–Kier alpha value is 0.310. The van der Waals surface area contributed by atoms with Gasteiger partial charge in [-0.25, -0.2) is 0 Å². The molecule has 3 atom stereocenters. The minimum atomic E-state index is 0.635. The van der Waals surface area contributed by atoms with Gasteiger partial charge in [0.1, 0.15) is 0 Å². The van der Waals surface area contributed by atoms with Crippen LogP contribution in [-0.2, 0) is 0 Å². The lowest BCUT2D eigenvalue weighted by Gasteiger charge is -2.24. The molecule has 1 nitrogen and oxygen atoms in total. The molecule has 2 fully saturated rings. The van der Waals surface area contributed by atoms with E-state index in [1.54, 1.807) is 0 Å². The smallest absolute Gasteiger partial charge is 0.0171 e. The van der Waals surface area contributed by atoms with Crippen LogP contribution < -0.4 is 5.32 Å². The summed E-state index contributed by atoms with van der Waals surface area (Å²) in [6.45, 7) is 7.12. The molecule has 76 valence electrons. The molecule has 1 saturated carbocycles. The molecule has 2 heteroatoms. The summed E-state index contributed by atoms with van der Waals surface area (Å²) in [5.74, 6) is 1.32. The van der Waals surface area contributed by atoms with Crippen molar-refractivity contribution in [2.45, 2.75) is 57.4 Å². The second-order valence-electron chi connectivity index (χ2n) is 5.12. The van der Waals surface area contributed by atoms with Gasteiger partial charge in [-0.2, -0.15) is 11.8 Å². The van der Waals surface area contributed by atoms with Crippen LogP contribution in [0.15, 0.2) is 0 Å². The Morgan fingerprint density at radius 1 is 1.46 bits per heavy atom. The first-order valence-corrected chi connectivity index (χ1v) is 6.53. The van der Waals surface area contributed by atoms with Gasteiger partial charge >= 0.3 is 0 Å². The third kappa shape index (κ3) is 2.21. The lowest BCUT2D eigenvalue weighted by Crippen LogP contribution is -2.41. The maximum Gasteiger partial charge on any atom is 0.0171 e. The highest BCUT2D eigenvalue weighted by Gasteiger charge is 2.43. The Balaban J connectivity index is 1.78. The van der Waals surface area contributed by atoms with E-state index in [9.17, 15) is 0 Å². The van der Waals surface area contributed by atoms with Crippen LogP contribution in [0.2, 0.25) is 0 Å². The summed E-state index contributed by atoms with van der Waals surface area (Å²) in [6, 6.07) is 1.51. The highest BCUT2D eigenvalue weighted by atomic mass is 32.2. The molecule has 1 saturated heterocycles. The van der Waals surface area contributed by atoms with E-state index >= 15 is 0 Å². The van der Waals surface area contributed by atoms with Crippen LogP contribution in [0.5, 0.6) is 0 Å². The zero-order valence-electron chi connectivity index (χ0n) is 8.97. The maximum atomic E-state index is 3.79. The van der Waals surface area contributed by atoms with Crippen LogP contribution in [0.1, 0.15) is 40.0 Å². The van der Waals surface area contributed by atoms with Crippen molar-refractivity contribution in [1.29, 1.82) is 0 Å². The highest BCUT2D eigenvalue weighted by Crippen LogP contribution is 2.48. The summed E-state index contributed by atoms with van der Waals surface area (Å²) in [5, 5.41) is 4.66. The monoisotopic (exact) mass is 199 g/mol. The minimum absolute atomic E-state index is 0.635. The van der Waals surface area contributed by atoms with Crippen LogP contribution in [-0.4, -0.2) is 23.1 Å². The number of hydrogen-bond acceptors (Lipinski definition) is 2. The average molecular weight is 199 g/mol. The first-order chi connectivity index (χ1) is 6.10. The number of thioether (sulfide) groups is 1. The fraction of sp³-hybridized carbons (Fsp3) is 1.00. The second kappa shape index (κ2) is 3.47. The van der Waals surface area contributed by atoms with E-state index in [1.807, 2.05) is 0 Å². The number of hydrogen-bond donors (Lipinski definition) is 1. The molecule has 0 amide bonds. The van der Waals surface area contributed by atoms with Gasteiger partial charge in [-0.15, -0.1) is 0 Å². The van der Waals surface area contributed by atoms with Crippen molar-refractivity contribution in [2.24, 2.45) is 5.41 Å². The van der Waals surface area contributed by atoms with E-state index < -0.39 is 0 Å². The summed E-state index contributed by atoms with van der Waals surface area (Å²) in [7, 11) is 0. The van der Waals surface area contributed by atoms with Gasteiger partial charge in [0.2, 0.25) is 0 Å². The quantitative estimate of drug-likeness (QED) is 0.750. The van der Waals surface area contributed by atoms with Gasteiger partial charge < -0.3 is 5.32 Å². The summed E-state index contributed by atoms with van der Waals surface area (Å²) in [6.07, 6.45) is 4.22. The standard InChI is InChI=1S/C11H21NS/c1-8-6-10(7-13-8)12-9(2)11(3)4-5-11/h8-10,12H,4-7H2,1-3H3. The molecule has 0 spiro atoms. The highest BCUT2D eigenvalue weighted by molar-refractivity contribution is 8.00. The molecule has 0 radical (unpaired) electrons. The van der Waals surface area contributed by atoms with Gasteiger partial charge in [0.05, 0.1) is 0 Å². The second-order valence-corrected chi connectivity index (χ2v) is 6.59. The average Bonchev–Trinajstić information content (AvgIpc) is 2.69. The van der Waals surface area contributed by atoms with E-state index in [4.69, 9.17) is 0 Å². The zero-order valence-corrected chi connectivity index (χ0v) is 9.79. The van der Waals surface area contributed by atoms with Gasteiger partial charge in [-0.1, -0.05) is 13.8 Å². The summed E-state index contributed by atoms with van der Waals surface area (Å²) in [4.78, 5) is 0. The fourth-order valence-corrected chi connectivity index (χ4v) is 3.28. The Morgan fingerprint density at radius 2 is 2.15 bits per heavy atom. The van der Waals surface area contributed by atoms with Crippen molar-refractivity contribution in [3.8, 4) is 0 Å². The molecule has 0 bridgehead atoms. The molecule has 0 aromatic rings. The fourth-order valence-electron chi connectivity index (χ4n) is 2.12. The summed E-state index contributed by atoms with van der Waals surface area (Å²) in [5.41, 5.74) is 0.635. The van der Waals surface area contributed by atoms with Crippen LogP contribution in [0.3, 0.4) is 0 Å². The van der Waals surface area contributed by atoms with Gasteiger partial charge in [-0.05, 0) is 31.6 Å². The number of rotatable bonds is 3. The van der Waals surface area contributed by atoms with E-state index in [0.29, 0.717) is 5.41 Å². The van der Waals surface area contributed by atoms with E-state index in [2.05, 4.69) is 37.8 Å². The third-order valence-corrected chi connectivity index (χ3v) is 5.12. The predicted octanol–water partition coefficient (Wildman–Crippen LogP) is 2.66. The van der Waals surface area contributed by atoms with Crippen molar-refractivity contribution >= 4 is 11.8 Å². The zero-order chi connectivity index (χ0) is 9.47. The van der Waals surface area contributed by atoms with Crippen LogP contribution in [0.25, 0.3) is 0 Å². The van der Waals surface area contributed by atoms with Crippen LogP contribution >= 0.6 is 11.8 Å². The van der Waals surface area contributed by atoms with Crippen molar-refractivity contribution < 1.29 is 0 Å². The first-order valence-electron chi connectivity index (χ1n) is 5.48. The molecule has 2 rings (SSSR count). The molecule has 1 aliphatic carbocycles. The van der Waals surface area contributed by atoms with Crippen molar-refractivity contribution in [3.63, 3.8) is 0 Å². The molecular weight excluding hydrogens is 178 g/mol. The summed E-state index contributed by atoms with van der Waals surface area (Å²) >= 11 is 2.12. The van der Waals surface area contributed by atoms with Crippen LogP contribution in [0, 0.1) is 5.41 Å². The number of nitrogens with one attached hydrogen (secondary N) is 1. The summed E-state index contributed by atoms with van der Waals surface area (Å²) < 4.78 is 0. The Kier molecular flexibility index (Phi) is 2.63.